The van der Waals surface area contributed by atoms with Gasteiger partial charge >= 0.3 is 6.09 Å². The summed E-state index contributed by atoms with van der Waals surface area (Å²) in [7, 11) is -3.91. The fourth-order valence-corrected chi connectivity index (χ4v) is 3.99. The molecule has 1 fully saturated rings. The number of carbonyl (C=O) groups is 2. The zero-order chi connectivity index (χ0) is 20.1. The number of sulfonamides is 1. The number of benzene rings is 2. The van der Waals surface area contributed by atoms with Gasteiger partial charge in [0.05, 0.1) is 24.1 Å². The van der Waals surface area contributed by atoms with E-state index in [-0.39, 0.29) is 18.0 Å². The van der Waals surface area contributed by atoms with Crippen LogP contribution in [0.3, 0.4) is 0 Å². The molecule has 1 unspecified atom stereocenters. The van der Waals surface area contributed by atoms with Crippen LogP contribution in [0.15, 0.2) is 59.5 Å². The molecular formula is C19H20N2O6S. The van der Waals surface area contributed by atoms with E-state index in [9.17, 15) is 18.0 Å². The minimum Gasteiger partial charge on any atom is -0.494 e. The molecule has 0 saturated carbocycles. The number of carbonyl (C=O) groups excluding carboxylic acids is 2. The summed E-state index contributed by atoms with van der Waals surface area (Å²) in [5.41, 5.74) is 0.615. The van der Waals surface area contributed by atoms with Crippen molar-refractivity contribution in [1.29, 1.82) is 0 Å². The molecule has 0 aromatic heterocycles. The summed E-state index contributed by atoms with van der Waals surface area (Å²) < 4.78 is 38.3. The van der Waals surface area contributed by atoms with Crippen LogP contribution in [0, 0.1) is 0 Å². The molecule has 9 heteroatoms. The molecule has 2 aromatic rings. The van der Waals surface area contributed by atoms with Crippen molar-refractivity contribution < 1.29 is 27.5 Å². The molecular weight excluding hydrogens is 384 g/mol. The maximum absolute atomic E-state index is 12.9. The molecule has 1 heterocycles. The normalized spacial score (nSPS) is 15.4. The molecule has 3 rings (SSSR count). The molecule has 0 bridgehead atoms. The van der Waals surface area contributed by atoms with E-state index in [0.29, 0.717) is 17.9 Å². The van der Waals surface area contributed by atoms with Crippen molar-refractivity contribution in [3.05, 3.63) is 60.2 Å². The first-order valence-electron chi connectivity index (χ1n) is 8.68. The van der Waals surface area contributed by atoms with E-state index >= 15 is 0 Å². The Morgan fingerprint density at radius 2 is 1.79 bits per heavy atom. The van der Waals surface area contributed by atoms with Crippen molar-refractivity contribution in [1.82, 2.24) is 9.62 Å². The van der Waals surface area contributed by atoms with Gasteiger partial charge in [0.15, 0.2) is 6.61 Å². The molecule has 1 N–H and O–H groups in total. The van der Waals surface area contributed by atoms with Crippen LogP contribution < -0.4 is 9.46 Å². The highest BCUT2D eigenvalue weighted by Gasteiger charge is 2.34. The van der Waals surface area contributed by atoms with Gasteiger partial charge in [0.1, 0.15) is 5.75 Å². The molecule has 8 nitrogen and oxygen atoms in total. The second-order valence-electron chi connectivity index (χ2n) is 6.05. The average Bonchev–Trinajstić information content (AvgIpc) is 3.01. The van der Waals surface area contributed by atoms with Gasteiger partial charge in [-0.1, -0.05) is 30.3 Å². The number of nitrogens with zero attached hydrogens (tertiary/aromatic N) is 1. The molecule has 2 amide bonds. The summed E-state index contributed by atoms with van der Waals surface area (Å²) in [4.78, 5) is 24.6. The highest BCUT2D eigenvalue weighted by Crippen LogP contribution is 2.22. The Morgan fingerprint density at radius 3 is 2.36 bits per heavy atom. The largest absolute Gasteiger partial charge is 0.494 e. The van der Waals surface area contributed by atoms with Gasteiger partial charge in [0.2, 0.25) is 10.0 Å². The lowest BCUT2D eigenvalue weighted by Crippen LogP contribution is -2.40. The number of amides is 2. The van der Waals surface area contributed by atoms with E-state index in [1.807, 2.05) is 6.92 Å². The van der Waals surface area contributed by atoms with Crippen LogP contribution in [0.4, 0.5) is 4.79 Å². The van der Waals surface area contributed by atoms with E-state index in [1.165, 1.54) is 12.1 Å². The van der Waals surface area contributed by atoms with Crippen molar-refractivity contribution in [3.8, 4) is 5.75 Å². The first kappa shape index (κ1) is 19.8. The van der Waals surface area contributed by atoms with E-state index in [0.717, 1.165) is 4.90 Å². The summed E-state index contributed by atoms with van der Waals surface area (Å²) in [6, 6.07) is 13.9. The quantitative estimate of drug-likeness (QED) is 0.723. The first-order chi connectivity index (χ1) is 13.4. The lowest BCUT2D eigenvalue weighted by molar-refractivity contribution is -0.126. The number of nitrogens with one attached hydrogen (secondary N) is 1. The molecule has 28 heavy (non-hydrogen) atoms. The maximum Gasteiger partial charge on any atom is 0.417 e. The van der Waals surface area contributed by atoms with Crippen LogP contribution >= 0.6 is 0 Å². The fraction of sp³-hybridized carbons (Fsp3) is 0.263. The van der Waals surface area contributed by atoms with Crippen LogP contribution in [0.5, 0.6) is 5.75 Å². The molecule has 1 atom stereocenters. The van der Waals surface area contributed by atoms with Crippen LogP contribution in [0.1, 0.15) is 18.5 Å². The second kappa shape index (κ2) is 8.41. The Labute approximate surface area is 163 Å². The van der Waals surface area contributed by atoms with Crippen molar-refractivity contribution in [2.24, 2.45) is 0 Å². The third-order valence-corrected chi connectivity index (χ3v) is 5.64. The van der Waals surface area contributed by atoms with Crippen molar-refractivity contribution in [2.75, 3.05) is 19.8 Å². The Balaban J connectivity index is 1.85. The van der Waals surface area contributed by atoms with Crippen LogP contribution in [0.2, 0.25) is 0 Å². The van der Waals surface area contributed by atoms with E-state index in [4.69, 9.17) is 9.47 Å². The third kappa shape index (κ3) is 4.49. The van der Waals surface area contributed by atoms with Crippen molar-refractivity contribution in [2.45, 2.75) is 17.9 Å². The van der Waals surface area contributed by atoms with Crippen LogP contribution in [-0.4, -0.2) is 45.1 Å². The molecule has 1 aliphatic heterocycles. The Morgan fingerprint density at radius 1 is 1.11 bits per heavy atom. The van der Waals surface area contributed by atoms with Gasteiger partial charge < -0.3 is 9.47 Å². The molecule has 148 valence electrons. The van der Waals surface area contributed by atoms with Crippen molar-refractivity contribution in [3.63, 3.8) is 0 Å². The Bertz CT molecular complexity index is 928. The van der Waals surface area contributed by atoms with E-state index in [1.54, 1.807) is 42.5 Å². The number of ether oxygens (including phenoxy) is 2. The standard InChI is InChI=1S/C19H20N2O6S/c1-2-26-15-8-10-16(11-9-15)28(24,25)20-17(14-6-4-3-5-7-14)12-21-18(22)13-27-19(21)23/h3-11,17,20H,2,12-13H2,1H3. The molecule has 1 aliphatic rings. The van der Waals surface area contributed by atoms with Gasteiger partial charge in [0.25, 0.3) is 5.91 Å². The minimum atomic E-state index is -3.91. The van der Waals surface area contributed by atoms with E-state index < -0.39 is 28.1 Å². The maximum atomic E-state index is 12.9. The fourth-order valence-electron chi connectivity index (χ4n) is 2.77. The molecule has 0 aliphatic carbocycles. The predicted octanol–water partition coefficient (Wildman–Crippen LogP) is 2.08. The summed E-state index contributed by atoms with van der Waals surface area (Å²) in [5.74, 6) is 0.0534. The molecule has 2 aromatic carbocycles. The Hall–Kier alpha value is -2.91. The number of rotatable bonds is 8. The second-order valence-corrected chi connectivity index (χ2v) is 7.76. The van der Waals surface area contributed by atoms with Crippen LogP contribution in [0.25, 0.3) is 0 Å². The third-order valence-electron chi connectivity index (χ3n) is 4.15. The predicted molar refractivity (Wildman–Crippen MR) is 100 cm³/mol. The number of hydrogen-bond donors (Lipinski definition) is 1. The van der Waals surface area contributed by atoms with E-state index in [2.05, 4.69) is 4.72 Å². The summed E-state index contributed by atoms with van der Waals surface area (Å²) in [6.07, 6.45) is -0.786. The number of cyclic esters (lactones) is 1. The summed E-state index contributed by atoms with van der Waals surface area (Å²) in [5, 5.41) is 0. The monoisotopic (exact) mass is 404 g/mol. The van der Waals surface area contributed by atoms with Gasteiger partial charge in [-0.2, -0.15) is 0 Å². The Kier molecular flexibility index (Phi) is 5.96. The van der Waals surface area contributed by atoms with Gasteiger partial charge in [-0.25, -0.2) is 22.8 Å². The smallest absolute Gasteiger partial charge is 0.417 e. The molecule has 1 saturated heterocycles. The zero-order valence-corrected chi connectivity index (χ0v) is 16.0. The number of hydrogen-bond acceptors (Lipinski definition) is 6. The van der Waals surface area contributed by atoms with Crippen molar-refractivity contribution >= 4 is 22.0 Å². The lowest BCUT2D eigenvalue weighted by atomic mass is 10.1. The summed E-state index contributed by atoms with van der Waals surface area (Å²) >= 11 is 0. The topological polar surface area (TPSA) is 102 Å². The lowest BCUT2D eigenvalue weighted by Gasteiger charge is -2.22. The first-order valence-corrected chi connectivity index (χ1v) is 10.2. The van der Waals surface area contributed by atoms with Gasteiger partial charge in [-0.3, -0.25) is 4.79 Å². The molecule has 0 spiro atoms. The average molecular weight is 404 g/mol. The van der Waals surface area contributed by atoms with Gasteiger partial charge in [0, 0.05) is 0 Å². The summed E-state index contributed by atoms with van der Waals surface area (Å²) in [6.45, 7) is 1.80. The number of imide groups is 1. The zero-order valence-electron chi connectivity index (χ0n) is 15.2. The van der Waals surface area contributed by atoms with Gasteiger partial charge in [-0.15, -0.1) is 0 Å². The highest BCUT2D eigenvalue weighted by molar-refractivity contribution is 7.89. The molecule has 0 radical (unpaired) electrons. The minimum absolute atomic E-state index is 0.0483. The van der Waals surface area contributed by atoms with Crippen LogP contribution in [-0.2, 0) is 19.6 Å². The SMILES string of the molecule is CCOc1ccc(S(=O)(=O)NC(CN2C(=O)COC2=O)c2ccccc2)cc1. The van der Waals surface area contributed by atoms with Gasteiger partial charge in [-0.05, 0) is 36.8 Å². The highest BCUT2D eigenvalue weighted by atomic mass is 32.2.